The van der Waals surface area contributed by atoms with E-state index in [0.29, 0.717) is 33.1 Å². The number of hydrogen-bond donors (Lipinski definition) is 2. The van der Waals surface area contributed by atoms with E-state index in [0.717, 1.165) is 20.1 Å². The number of carbonyl (C=O) groups is 1. The van der Waals surface area contributed by atoms with Crippen LogP contribution in [0.4, 0.5) is 5.69 Å². The fourth-order valence-corrected chi connectivity index (χ4v) is 7.05. The van der Waals surface area contributed by atoms with Crippen LogP contribution in [0, 0.1) is 0 Å². The molecule has 0 bridgehead atoms. The number of fused-ring (bicyclic) bond motifs is 2. The number of rotatable bonds is 9. The first-order valence-corrected chi connectivity index (χ1v) is 14.5. The van der Waals surface area contributed by atoms with Crippen LogP contribution in [-0.4, -0.2) is 36.3 Å². The number of carboxylic acids is 1. The maximum Gasteiger partial charge on any atom is 0.370 e. The summed E-state index contributed by atoms with van der Waals surface area (Å²) >= 11 is 15.2. The van der Waals surface area contributed by atoms with Gasteiger partial charge in [-0.2, -0.15) is 13.0 Å². The molecule has 0 saturated heterocycles. The molecule has 186 valence electrons. The number of thiazole rings is 1. The Morgan fingerprint density at radius 1 is 1.26 bits per heavy atom. The number of aromatic nitrogens is 1. The normalized spacial score (nSPS) is 15.1. The predicted molar refractivity (Wildman–Crippen MR) is 139 cm³/mol. The summed E-state index contributed by atoms with van der Waals surface area (Å²) in [6.07, 6.45) is 4.56. The van der Waals surface area contributed by atoms with Gasteiger partial charge in [-0.05, 0) is 36.6 Å². The number of aliphatic carboxylic acids is 1. The summed E-state index contributed by atoms with van der Waals surface area (Å²) in [5.41, 5.74) is 2.34. The van der Waals surface area contributed by atoms with Crippen molar-refractivity contribution in [2.24, 2.45) is 0 Å². The maximum atomic E-state index is 11.5. The summed E-state index contributed by atoms with van der Waals surface area (Å²) in [6.45, 7) is 2.05. The standard InChI is InChI=1S/C22H20Cl2N2O6S3/c1-2-13(9-20-26(12-21(27)28)16-11-18(24)33-22(16)34-20)8-19-25(6-3-7-35(29,30)31)15-10-14(23)4-5-17(15)32-19/h4-5,8-11H,2-3,6-7,12H2,1H3,(H-,27,28,29,30,31)/p+1. The van der Waals surface area contributed by atoms with Crippen LogP contribution >= 0.6 is 45.9 Å². The van der Waals surface area contributed by atoms with Crippen LogP contribution in [-0.2, 0) is 21.5 Å². The second kappa shape index (κ2) is 10.5. The third-order valence-corrected chi connectivity index (χ3v) is 8.73. The Balaban J connectivity index is 1.71. The molecule has 0 unspecified atom stereocenters. The van der Waals surface area contributed by atoms with Crippen LogP contribution in [0.2, 0.25) is 9.36 Å². The summed E-state index contributed by atoms with van der Waals surface area (Å²) in [7, 11) is -4.09. The van der Waals surface area contributed by atoms with Gasteiger partial charge in [0.25, 0.3) is 15.1 Å². The van der Waals surface area contributed by atoms with Crippen LogP contribution in [0.15, 0.2) is 41.8 Å². The fourth-order valence-electron chi connectivity index (χ4n) is 3.65. The van der Waals surface area contributed by atoms with Gasteiger partial charge in [-0.15, -0.1) is 11.3 Å². The topological polar surface area (TPSA) is 108 Å². The van der Waals surface area contributed by atoms with Crippen LogP contribution in [0.25, 0.3) is 15.6 Å². The molecule has 0 saturated carbocycles. The lowest BCUT2D eigenvalue weighted by atomic mass is 10.2. The van der Waals surface area contributed by atoms with Crippen LogP contribution in [0.5, 0.6) is 5.75 Å². The van der Waals surface area contributed by atoms with Gasteiger partial charge in [-0.3, -0.25) is 4.55 Å². The van der Waals surface area contributed by atoms with Gasteiger partial charge < -0.3 is 14.7 Å². The molecule has 0 aliphatic carbocycles. The van der Waals surface area contributed by atoms with E-state index in [2.05, 4.69) is 0 Å². The van der Waals surface area contributed by atoms with Crippen LogP contribution in [0.3, 0.4) is 0 Å². The zero-order valence-electron chi connectivity index (χ0n) is 18.4. The van der Waals surface area contributed by atoms with Crippen LogP contribution in [0.1, 0.15) is 24.8 Å². The van der Waals surface area contributed by atoms with Crippen molar-refractivity contribution in [3.8, 4) is 5.75 Å². The quantitative estimate of drug-likeness (QED) is 0.258. The lowest BCUT2D eigenvalue weighted by Crippen LogP contribution is -2.39. The smallest absolute Gasteiger partial charge is 0.370 e. The molecular formula is C22H21Cl2N2O6S3+. The molecule has 3 aromatic rings. The predicted octanol–water partition coefficient (Wildman–Crippen LogP) is 5.45. The molecule has 2 aromatic heterocycles. The Hall–Kier alpha value is -2.15. The number of ether oxygens (including phenoxy) is 1. The second-order valence-corrected chi connectivity index (χ2v) is 12.7. The number of halogens is 2. The van der Waals surface area contributed by atoms with E-state index < -0.39 is 16.1 Å². The molecule has 0 spiro atoms. The van der Waals surface area contributed by atoms with Gasteiger partial charge in [0.2, 0.25) is 17.9 Å². The molecule has 13 heteroatoms. The molecule has 0 amide bonds. The Morgan fingerprint density at radius 3 is 2.71 bits per heavy atom. The molecule has 2 N–H and O–H groups in total. The largest absolute Gasteiger partial charge is 0.477 e. The van der Waals surface area contributed by atoms with Crippen molar-refractivity contribution in [3.05, 3.63) is 56.2 Å². The van der Waals surface area contributed by atoms with E-state index in [1.165, 1.54) is 22.7 Å². The molecule has 35 heavy (non-hydrogen) atoms. The van der Waals surface area contributed by atoms with E-state index in [1.54, 1.807) is 28.8 Å². The van der Waals surface area contributed by atoms with Crippen molar-refractivity contribution in [2.45, 2.75) is 26.3 Å². The number of thiophene rings is 1. The molecule has 8 nitrogen and oxygen atoms in total. The molecular weight excluding hydrogens is 555 g/mol. The van der Waals surface area contributed by atoms with Gasteiger partial charge in [0, 0.05) is 29.8 Å². The summed E-state index contributed by atoms with van der Waals surface area (Å²) in [6, 6.07) is 6.94. The van der Waals surface area contributed by atoms with Crippen molar-refractivity contribution in [1.82, 2.24) is 0 Å². The van der Waals surface area contributed by atoms with Gasteiger partial charge in [-0.25, -0.2) is 4.79 Å². The Morgan fingerprint density at radius 2 is 2.03 bits per heavy atom. The van der Waals surface area contributed by atoms with Gasteiger partial charge >= 0.3 is 5.97 Å². The van der Waals surface area contributed by atoms with E-state index in [1.807, 2.05) is 24.0 Å². The number of benzene rings is 1. The highest BCUT2D eigenvalue weighted by Gasteiger charge is 2.28. The number of nitrogens with zero attached hydrogens (tertiary/aromatic N) is 2. The van der Waals surface area contributed by atoms with Gasteiger partial charge in [0.15, 0.2) is 9.76 Å². The van der Waals surface area contributed by atoms with E-state index in [4.69, 9.17) is 32.5 Å². The van der Waals surface area contributed by atoms with Crippen molar-refractivity contribution < 1.29 is 32.2 Å². The second-order valence-electron chi connectivity index (χ2n) is 7.70. The maximum absolute atomic E-state index is 11.5. The monoisotopic (exact) mass is 575 g/mol. The van der Waals surface area contributed by atoms with Crippen molar-refractivity contribution in [3.63, 3.8) is 0 Å². The molecule has 4 rings (SSSR count). The number of allylic oxidation sites excluding steroid dienone is 2. The van der Waals surface area contributed by atoms with Gasteiger partial charge in [0.1, 0.15) is 4.34 Å². The third kappa shape index (κ3) is 6.16. The first-order chi connectivity index (χ1) is 16.5. The fraction of sp³-hybridized carbons (Fsp3) is 0.273. The molecule has 3 heterocycles. The summed E-state index contributed by atoms with van der Waals surface area (Å²) in [5, 5.41) is 10.7. The molecule has 0 atom stereocenters. The molecule has 1 aromatic carbocycles. The lowest BCUT2D eigenvalue weighted by molar-refractivity contribution is -0.657. The lowest BCUT2D eigenvalue weighted by Gasteiger charge is -2.18. The Labute approximate surface area is 220 Å². The first-order valence-electron chi connectivity index (χ1n) is 10.5. The molecule has 1 aliphatic rings. The minimum Gasteiger partial charge on any atom is -0.477 e. The zero-order chi connectivity index (χ0) is 25.3. The SMILES string of the molecule is CCC(=Cc1sc2sc(Cl)cc2[n+]1CC(=O)O)C=C1Oc2ccc(Cl)cc2N1CCCS(=O)(=O)O. The minimum absolute atomic E-state index is 0.178. The highest BCUT2D eigenvalue weighted by molar-refractivity contribution is 7.85. The highest BCUT2D eigenvalue weighted by atomic mass is 35.5. The van der Waals surface area contributed by atoms with Crippen LogP contribution < -0.4 is 14.2 Å². The third-order valence-electron chi connectivity index (χ3n) is 5.20. The van der Waals surface area contributed by atoms with Crippen molar-refractivity contribution >= 4 is 83.3 Å². The summed E-state index contributed by atoms with van der Waals surface area (Å²) in [5.74, 6) is -0.279. The van der Waals surface area contributed by atoms with Crippen molar-refractivity contribution in [1.29, 1.82) is 0 Å². The zero-order valence-corrected chi connectivity index (χ0v) is 22.4. The first kappa shape index (κ1) is 25.9. The highest BCUT2D eigenvalue weighted by Crippen LogP contribution is 2.41. The van der Waals surface area contributed by atoms with Gasteiger partial charge in [0.05, 0.1) is 11.4 Å². The number of carboxylic acid groups (broad SMARTS) is 1. The number of hydrogen-bond acceptors (Lipinski definition) is 7. The number of anilines is 1. The summed E-state index contributed by atoms with van der Waals surface area (Å²) < 4.78 is 40.8. The average molecular weight is 577 g/mol. The average Bonchev–Trinajstić information content (AvgIpc) is 3.38. The van der Waals surface area contributed by atoms with Crippen molar-refractivity contribution in [2.75, 3.05) is 17.2 Å². The molecule has 0 fully saturated rings. The van der Waals surface area contributed by atoms with E-state index in [9.17, 15) is 18.3 Å². The Kier molecular flexibility index (Phi) is 7.74. The summed E-state index contributed by atoms with van der Waals surface area (Å²) in [4.78, 5) is 13.3. The van der Waals surface area contributed by atoms with E-state index in [-0.39, 0.29) is 25.3 Å². The van der Waals surface area contributed by atoms with Gasteiger partial charge in [-0.1, -0.05) is 41.5 Å². The van der Waals surface area contributed by atoms with E-state index >= 15 is 0 Å². The minimum atomic E-state index is -4.09. The molecule has 1 aliphatic heterocycles. The Bertz CT molecular complexity index is 1460. The molecule has 0 radical (unpaired) electrons.